The summed E-state index contributed by atoms with van der Waals surface area (Å²) >= 11 is 0. The first-order valence-corrected chi connectivity index (χ1v) is 10.7. The lowest BCUT2D eigenvalue weighted by atomic mass is 10.1. The van der Waals surface area contributed by atoms with Crippen LogP contribution in [0.25, 0.3) is 11.5 Å². The van der Waals surface area contributed by atoms with Crippen molar-refractivity contribution in [1.82, 2.24) is 29.5 Å². The Hall–Kier alpha value is -3.75. The number of amides is 3. The van der Waals surface area contributed by atoms with Gasteiger partial charge < -0.3 is 19.7 Å². The number of aromatic nitrogens is 4. The number of hydrogen-bond acceptors (Lipinski definition) is 5. The molecule has 9 nitrogen and oxygen atoms in total. The molecule has 0 saturated heterocycles. The normalized spacial score (nSPS) is 12.7. The maximum atomic E-state index is 12.9. The van der Waals surface area contributed by atoms with Crippen molar-refractivity contribution in [2.75, 3.05) is 18.9 Å². The van der Waals surface area contributed by atoms with Crippen LogP contribution in [-0.4, -0.2) is 55.1 Å². The minimum Gasteiger partial charge on any atom is -0.328 e. The van der Waals surface area contributed by atoms with Crippen molar-refractivity contribution in [3.05, 3.63) is 59.4 Å². The summed E-state index contributed by atoms with van der Waals surface area (Å²) in [6, 6.07) is 11.1. The van der Waals surface area contributed by atoms with Crippen LogP contribution in [0.4, 0.5) is 10.6 Å². The van der Waals surface area contributed by atoms with Gasteiger partial charge in [0.05, 0.1) is 0 Å². The molecule has 0 bridgehead atoms. The molecule has 0 fully saturated rings. The van der Waals surface area contributed by atoms with Gasteiger partial charge >= 0.3 is 6.03 Å². The number of nitrogens with one attached hydrogen (secondary N) is 1. The molecule has 0 atom stereocenters. The molecule has 32 heavy (non-hydrogen) atoms. The van der Waals surface area contributed by atoms with E-state index in [1.165, 1.54) is 0 Å². The van der Waals surface area contributed by atoms with E-state index in [4.69, 9.17) is 0 Å². The maximum Gasteiger partial charge on any atom is 0.320 e. The van der Waals surface area contributed by atoms with E-state index in [9.17, 15) is 9.59 Å². The average Bonchev–Trinajstić information content (AvgIpc) is 3.45. The first kappa shape index (κ1) is 21.5. The fourth-order valence-electron chi connectivity index (χ4n) is 3.67. The van der Waals surface area contributed by atoms with Gasteiger partial charge in [0.15, 0.2) is 5.82 Å². The largest absolute Gasteiger partial charge is 0.328 e. The predicted octanol–water partition coefficient (Wildman–Crippen LogP) is 3.56. The van der Waals surface area contributed by atoms with Crippen LogP contribution in [0.15, 0.2) is 42.7 Å². The third-order valence-electron chi connectivity index (χ3n) is 5.61. The van der Waals surface area contributed by atoms with Crippen LogP contribution in [0.3, 0.4) is 0 Å². The second kappa shape index (κ2) is 8.78. The molecule has 1 aliphatic heterocycles. The fourth-order valence-corrected chi connectivity index (χ4v) is 3.67. The standard InChI is InChI=1S/C23H27N7O2/c1-5-28(4)23(32)29-12-17-10-9-16(11-18(17)13-29)22(31)26-20-8-6-7-19(25-20)21-27-24-14-30(21)15(2)3/h6-11,14-15H,5,12-13H2,1-4H3,(H,25,26,31). The van der Waals surface area contributed by atoms with Crippen molar-refractivity contribution in [2.45, 2.75) is 39.9 Å². The smallest absolute Gasteiger partial charge is 0.320 e. The first-order chi connectivity index (χ1) is 15.4. The zero-order valence-electron chi connectivity index (χ0n) is 18.7. The van der Waals surface area contributed by atoms with Crippen molar-refractivity contribution >= 4 is 17.8 Å². The van der Waals surface area contributed by atoms with E-state index in [0.29, 0.717) is 42.5 Å². The highest BCUT2D eigenvalue weighted by Crippen LogP contribution is 2.25. The second-order valence-electron chi connectivity index (χ2n) is 8.15. The number of fused-ring (bicyclic) bond motifs is 1. The van der Waals surface area contributed by atoms with Gasteiger partial charge in [0.1, 0.15) is 17.8 Å². The van der Waals surface area contributed by atoms with E-state index >= 15 is 0 Å². The molecule has 9 heteroatoms. The van der Waals surface area contributed by atoms with Crippen LogP contribution in [0, 0.1) is 0 Å². The molecule has 0 aliphatic carbocycles. The van der Waals surface area contributed by atoms with Crippen LogP contribution in [0.1, 0.15) is 48.3 Å². The zero-order chi connectivity index (χ0) is 22.8. The second-order valence-corrected chi connectivity index (χ2v) is 8.15. The molecule has 0 unspecified atom stereocenters. The number of carbonyl (C=O) groups excluding carboxylic acids is 2. The topological polar surface area (TPSA) is 96.3 Å². The summed E-state index contributed by atoms with van der Waals surface area (Å²) in [5.74, 6) is 0.835. The summed E-state index contributed by atoms with van der Waals surface area (Å²) in [7, 11) is 1.79. The Kier molecular flexibility index (Phi) is 5.89. The number of pyridine rings is 1. The third kappa shape index (κ3) is 4.18. The van der Waals surface area contributed by atoms with Gasteiger partial charge in [-0.1, -0.05) is 12.1 Å². The number of carbonyl (C=O) groups is 2. The number of hydrogen-bond donors (Lipinski definition) is 1. The molecule has 3 aromatic rings. The first-order valence-electron chi connectivity index (χ1n) is 10.7. The number of nitrogens with zero attached hydrogens (tertiary/aromatic N) is 6. The van der Waals surface area contributed by atoms with Crippen molar-refractivity contribution in [2.24, 2.45) is 0 Å². The van der Waals surface area contributed by atoms with Gasteiger partial charge in [-0.3, -0.25) is 4.79 Å². The number of benzene rings is 1. The Morgan fingerprint density at radius 3 is 2.69 bits per heavy atom. The minimum atomic E-state index is -0.252. The van der Waals surface area contributed by atoms with Gasteiger partial charge in [0.2, 0.25) is 0 Å². The molecule has 3 amide bonds. The highest BCUT2D eigenvalue weighted by atomic mass is 16.2. The SMILES string of the molecule is CCN(C)C(=O)N1Cc2ccc(C(=O)Nc3cccc(-c4nncn4C(C)C)n3)cc2C1. The van der Waals surface area contributed by atoms with Gasteiger partial charge in [-0.25, -0.2) is 9.78 Å². The summed E-state index contributed by atoms with van der Waals surface area (Å²) < 4.78 is 1.93. The van der Waals surface area contributed by atoms with Gasteiger partial charge in [0.25, 0.3) is 5.91 Å². The molecular weight excluding hydrogens is 406 g/mol. The number of urea groups is 1. The quantitative estimate of drug-likeness (QED) is 0.664. The van der Waals surface area contributed by atoms with Crippen molar-refractivity contribution < 1.29 is 9.59 Å². The lowest BCUT2D eigenvalue weighted by Crippen LogP contribution is -2.37. The van der Waals surface area contributed by atoms with Crippen molar-refractivity contribution in [1.29, 1.82) is 0 Å². The molecule has 0 saturated carbocycles. The number of anilines is 1. The maximum absolute atomic E-state index is 12.9. The van der Waals surface area contributed by atoms with Crippen LogP contribution in [-0.2, 0) is 13.1 Å². The summed E-state index contributed by atoms with van der Waals surface area (Å²) in [5.41, 5.74) is 3.21. The summed E-state index contributed by atoms with van der Waals surface area (Å²) in [6.45, 7) is 7.74. The van der Waals surface area contributed by atoms with Crippen molar-refractivity contribution in [3.8, 4) is 11.5 Å². The molecule has 166 valence electrons. The fraction of sp³-hybridized carbons (Fsp3) is 0.348. The van der Waals surface area contributed by atoms with Gasteiger partial charge in [-0.05, 0) is 56.2 Å². The van der Waals surface area contributed by atoms with E-state index in [2.05, 4.69) is 20.5 Å². The molecule has 0 radical (unpaired) electrons. The lowest BCUT2D eigenvalue weighted by Gasteiger charge is -2.22. The van der Waals surface area contributed by atoms with Crippen LogP contribution in [0.5, 0.6) is 0 Å². The number of rotatable bonds is 5. The molecule has 1 aliphatic rings. The molecular formula is C23H27N7O2. The molecule has 1 aromatic carbocycles. The Morgan fingerprint density at radius 2 is 1.94 bits per heavy atom. The Labute approximate surface area is 187 Å². The highest BCUT2D eigenvalue weighted by molar-refractivity contribution is 6.04. The summed E-state index contributed by atoms with van der Waals surface area (Å²) in [4.78, 5) is 33.3. The van der Waals surface area contributed by atoms with Crippen LogP contribution < -0.4 is 5.32 Å². The molecule has 1 N–H and O–H groups in total. The summed E-state index contributed by atoms with van der Waals surface area (Å²) in [6.07, 6.45) is 1.67. The summed E-state index contributed by atoms with van der Waals surface area (Å²) in [5, 5.41) is 11.0. The van der Waals surface area contributed by atoms with Crippen molar-refractivity contribution in [3.63, 3.8) is 0 Å². The molecule has 0 spiro atoms. The van der Waals surface area contributed by atoms with E-state index in [-0.39, 0.29) is 18.0 Å². The lowest BCUT2D eigenvalue weighted by molar-refractivity contribution is 0.102. The van der Waals surface area contributed by atoms with Crippen LogP contribution in [0.2, 0.25) is 0 Å². The van der Waals surface area contributed by atoms with Gasteiger partial charge in [0, 0.05) is 38.3 Å². The highest BCUT2D eigenvalue weighted by Gasteiger charge is 2.26. The monoisotopic (exact) mass is 433 g/mol. The Morgan fingerprint density at radius 1 is 1.16 bits per heavy atom. The molecule has 4 rings (SSSR count). The third-order valence-corrected chi connectivity index (χ3v) is 5.61. The van der Waals surface area contributed by atoms with E-state index in [1.807, 2.05) is 49.6 Å². The van der Waals surface area contributed by atoms with E-state index in [0.717, 1.165) is 11.1 Å². The van der Waals surface area contributed by atoms with E-state index in [1.54, 1.807) is 35.3 Å². The molecule has 2 aromatic heterocycles. The van der Waals surface area contributed by atoms with Crippen LogP contribution >= 0.6 is 0 Å². The minimum absolute atomic E-state index is 0.00929. The Balaban J connectivity index is 1.49. The van der Waals surface area contributed by atoms with E-state index < -0.39 is 0 Å². The Bertz CT molecular complexity index is 1150. The van der Waals surface area contributed by atoms with Gasteiger partial charge in [-0.15, -0.1) is 10.2 Å². The predicted molar refractivity (Wildman–Crippen MR) is 121 cm³/mol. The average molecular weight is 434 g/mol. The zero-order valence-corrected chi connectivity index (χ0v) is 18.7. The molecule has 3 heterocycles. The van der Waals surface area contributed by atoms with Gasteiger partial charge in [-0.2, -0.15) is 0 Å².